The molecule has 8 nitrogen and oxygen atoms in total. The molecule has 0 bridgehead atoms. The number of alkyl halides is 2. The van der Waals surface area contributed by atoms with Gasteiger partial charge in [-0.2, -0.15) is 23.3 Å². The van der Waals surface area contributed by atoms with E-state index in [1.807, 2.05) is 0 Å². The second kappa shape index (κ2) is 9.28. The second-order valence-corrected chi connectivity index (χ2v) is 9.36. The predicted octanol–water partition coefficient (Wildman–Crippen LogP) is 5.31. The molecule has 0 unspecified atom stereocenters. The van der Waals surface area contributed by atoms with Crippen LogP contribution in [0.15, 0.2) is 36.7 Å². The molecule has 37 heavy (non-hydrogen) atoms. The maximum absolute atomic E-state index is 13.5. The van der Waals surface area contributed by atoms with Gasteiger partial charge in [0.05, 0.1) is 5.69 Å². The Morgan fingerprint density at radius 2 is 1.97 bits per heavy atom. The minimum atomic E-state index is -3.03. The topological polar surface area (TPSA) is 89.8 Å². The molecule has 5 rings (SSSR count). The number of aromatic nitrogens is 5. The maximum Gasteiger partial charge on any atom is 0.387 e. The fraction of sp³-hybridized carbons (Fsp3) is 0.308. The van der Waals surface area contributed by atoms with Crippen LogP contribution in [0, 0.1) is 24.9 Å². The molecule has 2 aromatic carbocycles. The summed E-state index contributed by atoms with van der Waals surface area (Å²) in [7, 11) is 1.77. The van der Waals surface area contributed by atoms with E-state index in [0.717, 1.165) is 23.2 Å². The van der Waals surface area contributed by atoms with Gasteiger partial charge < -0.3 is 15.4 Å². The fourth-order valence-corrected chi connectivity index (χ4v) is 4.74. The minimum Gasteiger partial charge on any atom is -0.432 e. The van der Waals surface area contributed by atoms with Crippen molar-refractivity contribution < 1.29 is 17.9 Å². The lowest BCUT2D eigenvalue weighted by Gasteiger charge is -2.21. The van der Waals surface area contributed by atoms with Gasteiger partial charge in [0.25, 0.3) is 0 Å². The zero-order chi connectivity index (χ0) is 26.3. The highest BCUT2D eigenvalue weighted by molar-refractivity contribution is 5.65. The van der Waals surface area contributed by atoms with Crippen molar-refractivity contribution >= 4 is 17.5 Å². The van der Waals surface area contributed by atoms with Gasteiger partial charge in [-0.25, -0.2) is 14.6 Å². The van der Waals surface area contributed by atoms with Crippen molar-refractivity contribution in [2.75, 3.05) is 17.7 Å². The van der Waals surface area contributed by atoms with Gasteiger partial charge in [0.15, 0.2) is 11.6 Å². The molecular formula is C26H24F3N7O. The van der Waals surface area contributed by atoms with Crippen molar-refractivity contribution in [3.05, 3.63) is 77.3 Å². The van der Waals surface area contributed by atoms with E-state index in [2.05, 4.69) is 51.7 Å². The molecule has 0 amide bonds. The molecule has 11 heteroatoms. The largest absolute Gasteiger partial charge is 0.432 e. The van der Waals surface area contributed by atoms with E-state index in [1.165, 1.54) is 23.1 Å². The summed E-state index contributed by atoms with van der Waals surface area (Å²) in [6.07, 6.45) is 2.15. The summed E-state index contributed by atoms with van der Waals surface area (Å²) in [5.41, 5.74) is 3.01. The third-order valence-electron chi connectivity index (χ3n) is 6.29. The number of hydrogen-bond acceptors (Lipinski definition) is 7. The summed E-state index contributed by atoms with van der Waals surface area (Å²) in [5.74, 6) is 0.691. The third kappa shape index (κ3) is 4.74. The van der Waals surface area contributed by atoms with Crippen LogP contribution in [0.4, 0.5) is 30.6 Å². The Bertz CT molecular complexity index is 1440. The quantitative estimate of drug-likeness (QED) is 0.351. The van der Waals surface area contributed by atoms with Crippen LogP contribution in [0.25, 0.3) is 5.69 Å². The van der Waals surface area contributed by atoms with Crippen LogP contribution >= 0.6 is 0 Å². The van der Waals surface area contributed by atoms with E-state index >= 15 is 0 Å². The summed E-state index contributed by atoms with van der Waals surface area (Å²) < 4.78 is 46.0. The molecule has 0 fully saturated rings. The van der Waals surface area contributed by atoms with Gasteiger partial charge in [-0.15, -0.1) is 0 Å². The first-order chi connectivity index (χ1) is 17.6. The maximum atomic E-state index is 13.5. The second-order valence-electron chi connectivity index (χ2n) is 9.36. The summed E-state index contributed by atoms with van der Waals surface area (Å²) in [6, 6.07) is 13.2. The predicted molar refractivity (Wildman–Crippen MR) is 131 cm³/mol. The van der Waals surface area contributed by atoms with E-state index in [-0.39, 0.29) is 23.0 Å². The van der Waals surface area contributed by atoms with Crippen molar-refractivity contribution in [1.29, 1.82) is 0 Å². The highest BCUT2D eigenvalue weighted by Crippen LogP contribution is 2.50. The van der Waals surface area contributed by atoms with Gasteiger partial charge >= 0.3 is 6.61 Å². The van der Waals surface area contributed by atoms with Crippen LogP contribution in [0.5, 0.6) is 5.75 Å². The number of nitrogens with one attached hydrogen (secondary N) is 2. The fourth-order valence-electron chi connectivity index (χ4n) is 4.74. The minimum absolute atomic E-state index is 0.0876. The van der Waals surface area contributed by atoms with Crippen LogP contribution in [0.1, 0.15) is 48.8 Å². The monoisotopic (exact) mass is 507 g/mol. The average Bonchev–Trinajstić information content (AvgIpc) is 3.39. The van der Waals surface area contributed by atoms with E-state index in [9.17, 15) is 13.2 Å². The van der Waals surface area contributed by atoms with Gasteiger partial charge in [0.1, 0.15) is 23.7 Å². The first-order valence-electron chi connectivity index (χ1n) is 11.6. The molecule has 2 N–H and O–H groups in total. The molecule has 190 valence electrons. The molecule has 1 aliphatic rings. The molecule has 2 heterocycles. The summed E-state index contributed by atoms with van der Waals surface area (Å²) in [5, 5.41) is 10.4. The number of anilines is 3. The molecule has 1 aliphatic carbocycles. The molecule has 2 aromatic heterocycles. The zero-order valence-corrected chi connectivity index (χ0v) is 20.6. The molecule has 0 aliphatic heterocycles. The van der Waals surface area contributed by atoms with Crippen LogP contribution in [0.3, 0.4) is 0 Å². The van der Waals surface area contributed by atoms with Crippen molar-refractivity contribution in [1.82, 2.24) is 24.7 Å². The Kier molecular flexibility index (Phi) is 6.11. The lowest BCUT2D eigenvalue weighted by molar-refractivity contribution is -0.0498. The summed E-state index contributed by atoms with van der Waals surface area (Å²) >= 11 is 0. The van der Waals surface area contributed by atoms with Gasteiger partial charge in [-0.3, -0.25) is 0 Å². The number of rotatable bonds is 7. The number of hydrogen-bond donors (Lipinski definition) is 2. The molecule has 1 atom stereocenters. The first-order valence-corrected chi connectivity index (χ1v) is 11.6. The van der Waals surface area contributed by atoms with E-state index in [1.54, 1.807) is 32.2 Å². The SMILES string of the molecule is CNc1nc(Nc2ccc(-n3cnc(C)n3)c(OC(F)F)c2)nc2c1C(C)(C)C[C@H]2c1c#cc(F)cc1. The molecule has 0 spiro atoms. The van der Waals surface area contributed by atoms with Gasteiger partial charge in [0.2, 0.25) is 5.95 Å². The van der Waals surface area contributed by atoms with Crippen molar-refractivity contribution in [2.24, 2.45) is 0 Å². The van der Waals surface area contributed by atoms with E-state index in [0.29, 0.717) is 23.0 Å². The van der Waals surface area contributed by atoms with Gasteiger partial charge in [0, 0.05) is 35.8 Å². The number of nitrogens with zero attached hydrogens (tertiary/aromatic N) is 5. The van der Waals surface area contributed by atoms with Crippen LogP contribution in [0.2, 0.25) is 0 Å². The Hall–Kier alpha value is -4.33. The number of benzene rings is 1. The third-order valence-corrected chi connectivity index (χ3v) is 6.29. The number of fused-ring (bicyclic) bond motifs is 1. The number of aryl methyl sites for hydroxylation is 1. The lowest BCUT2D eigenvalue weighted by atomic mass is 9.85. The summed E-state index contributed by atoms with van der Waals surface area (Å²) in [6.45, 7) is 2.88. The van der Waals surface area contributed by atoms with Crippen molar-refractivity contribution in [3.8, 4) is 11.4 Å². The van der Waals surface area contributed by atoms with E-state index < -0.39 is 12.4 Å². The Labute approximate surface area is 211 Å². The molecular weight excluding hydrogens is 483 g/mol. The summed E-state index contributed by atoms with van der Waals surface area (Å²) in [4.78, 5) is 13.5. The zero-order valence-electron chi connectivity index (χ0n) is 20.6. The highest BCUT2D eigenvalue weighted by Gasteiger charge is 2.42. The Balaban J connectivity index is 1.54. The normalized spacial score (nSPS) is 15.8. The van der Waals surface area contributed by atoms with Gasteiger partial charge in [-0.1, -0.05) is 19.9 Å². The van der Waals surface area contributed by atoms with Crippen molar-refractivity contribution in [3.63, 3.8) is 0 Å². The highest BCUT2D eigenvalue weighted by atomic mass is 19.3. The van der Waals surface area contributed by atoms with E-state index in [4.69, 9.17) is 9.72 Å². The standard InChI is InChI=1S/C26H24F3N7O/c1-14-31-13-36(35-14)19-10-9-17(11-20(19)37-24(28)29)32-25-33-22-18(15-5-7-16(27)8-6-15)12-26(2,3)21(22)23(30-4)34-25/h5,7,9-11,13,18,24H,12H2,1-4H3,(H2,30,32,33,34)/t18-/m0/s1. The number of halogens is 3. The smallest absolute Gasteiger partial charge is 0.387 e. The van der Waals surface area contributed by atoms with Crippen LogP contribution < -0.4 is 15.4 Å². The average molecular weight is 508 g/mol. The first kappa shape index (κ1) is 24.4. The Morgan fingerprint density at radius 3 is 2.62 bits per heavy atom. The van der Waals surface area contributed by atoms with Crippen LogP contribution in [-0.2, 0) is 5.41 Å². The lowest BCUT2D eigenvalue weighted by Crippen LogP contribution is -2.16. The molecule has 0 radical (unpaired) electrons. The van der Waals surface area contributed by atoms with Crippen molar-refractivity contribution in [2.45, 2.75) is 45.1 Å². The Morgan fingerprint density at radius 1 is 1.16 bits per heavy atom. The molecule has 0 saturated carbocycles. The molecule has 4 aromatic rings. The van der Waals surface area contributed by atoms with Gasteiger partial charge in [-0.05, 0) is 49.1 Å². The number of ether oxygens (including phenoxy) is 1. The van der Waals surface area contributed by atoms with Crippen LogP contribution in [-0.4, -0.2) is 38.4 Å². The molecule has 0 saturated heterocycles.